The number of thiophene rings is 1. The molecule has 19 heavy (non-hydrogen) atoms. The minimum absolute atomic E-state index is 0.268. The minimum Gasteiger partial charge on any atom is -0.296 e. The van der Waals surface area contributed by atoms with E-state index < -0.39 is 0 Å². The van der Waals surface area contributed by atoms with Gasteiger partial charge in [0, 0.05) is 4.47 Å². The SMILES string of the molecule is O=C(CN1CCC2(CCCC2)CC1)c1sccc1Br. The summed E-state index contributed by atoms with van der Waals surface area (Å²) in [5, 5.41) is 1.97. The van der Waals surface area contributed by atoms with Crippen LogP contribution in [0.4, 0.5) is 0 Å². The van der Waals surface area contributed by atoms with Crippen molar-refractivity contribution in [2.45, 2.75) is 38.5 Å². The predicted molar refractivity (Wildman–Crippen MR) is 82.9 cm³/mol. The maximum Gasteiger partial charge on any atom is 0.187 e. The van der Waals surface area contributed by atoms with Crippen LogP contribution in [0.15, 0.2) is 15.9 Å². The van der Waals surface area contributed by atoms with E-state index in [2.05, 4.69) is 20.8 Å². The number of carbonyl (C=O) groups excluding carboxylic acids is 1. The molecule has 1 spiro atoms. The van der Waals surface area contributed by atoms with Crippen LogP contribution in [0.25, 0.3) is 0 Å². The zero-order chi connectivity index (χ0) is 13.3. The van der Waals surface area contributed by atoms with Crippen LogP contribution in [0.5, 0.6) is 0 Å². The highest BCUT2D eigenvalue weighted by molar-refractivity contribution is 9.10. The molecular weight excluding hydrogens is 322 g/mol. The largest absolute Gasteiger partial charge is 0.296 e. The number of halogens is 1. The summed E-state index contributed by atoms with van der Waals surface area (Å²) >= 11 is 4.99. The van der Waals surface area contributed by atoms with E-state index in [0.29, 0.717) is 12.0 Å². The number of nitrogens with zero attached hydrogens (tertiary/aromatic N) is 1. The number of hydrogen-bond acceptors (Lipinski definition) is 3. The lowest BCUT2D eigenvalue weighted by Gasteiger charge is -2.39. The number of carbonyl (C=O) groups is 1. The fraction of sp³-hybridized carbons (Fsp3) is 0.667. The summed E-state index contributed by atoms with van der Waals surface area (Å²) in [7, 11) is 0. The normalized spacial score (nSPS) is 23.0. The average molecular weight is 342 g/mol. The van der Waals surface area contributed by atoms with Crippen molar-refractivity contribution in [3.8, 4) is 0 Å². The van der Waals surface area contributed by atoms with E-state index in [9.17, 15) is 4.79 Å². The Morgan fingerprint density at radius 2 is 1.95 bits per heavy atom. The molecule has 3 rings (SSSR count). The zero-order valence-corrected chi connectivity index (χ0v) is 13.6. The van der Waals surface area contributed by atoms with Gasteiger partial charge in [-0.15, -0.1) is 11.3 Å². The molecule has 2 heterocycles. The maximum atomic E-state index is 12.2. The molecule has 0 radical (unpaired) electrons. The minimum atomic E-state index is 0.268. The zero-order valence-electron chi connectivity index (χ0n) is 11.2. The van der Waals surface area contributed by atoms with E-state index in [1.807, 2.05) is 11.4 Å². The Morgan fingerprint density at radius 3 is 2.53 bits per heavy atom. The van der Waals surface area contributed by atoms with Crippen LogP contribution in [0, 0.1) is 5.41 Å². The Hall–Kier alpha value is -0.190. The first-order chi connectivity index (χ1) is 9.19. The second-order valence-corrected chi connectivity index (χ2v) is 7.77. The van der Waals surface area contributed by atoms with E-state index in [-0.39, 0.29) is 5.78 Å². The first-order valence-electron chi connectivity index (χ1n) is 7.17. The molecule has 0 amide bonds. The molecular formula is C15H20BrNOS. The van der Waals surface area contributed by atoms with Crippen LogP contribution in [0.2, 0.25) is 0 Å². The molecule has 1 saturated heterocycles. The second kappa shape index (κ2) is 5.66. The molecule has 2 aliphatic rings. The molecule has 0 bridgehead atoms. The lowest BCUT2D eigenvalue weighted by Crippen LogP contribution is -2.41. The molecule has 2 fully saturated rings. The summed E-state index contributed by atoms with van der Waals surface area (Å²) in [4.78, 5) is 15.5. The summed E-state index contributed by atoms with van der Waals surface area (Å²) < 4.78 is 0.951. The van der Waals surface area contributed by atoms with Crippen LogP contribution in [-0.4, -0.2) is 30.3 Å². The van der Waals surface area contributed by atoms with Crippen LogP contribution < -0.4 is 0 Å². The Morgan fingerprint density at radius 1 is 1.26 bits per heavy atom. The van der Waals surface area contributed by atoms with E-state index in [1.165, 1.54) is 38.5 Å². The molecule has 1 aliphatic carbocycles. The van der Waals surface area contributed by atoms with Gasteiger partial charge in [-0.3, -0.25) is 9.69 Å². The monoisotopic (exact) mass is 341 g/mol. The highest BCUT2D eigenvalue weighted by atomic mass is 79.9. The lowest BCUT2D eigenvalue weighted by atomic mass is 9.77. The number of rotatable bonds is 3. The van der Waals surface area contributed by atoms with Gasteiger partial charge >= 0.3 is 0 Å². The van der Waals surface area contributed by atoms with Crippen LogP contribution in [0.3, 0.4) is 0 Å². The van der Waals surface area contributed by atoms with Crippen molar-refractivity contribution in [2.24, 2.45) is 5.41 Å². The van der Waals surface area contributed by atoms with Gasteiger partial charge in [-0.25, -0.2) is 0 Å². The summed E-state index contributed by atoms with van der Waals surface area (Å²) in [6, 6.07) is 1.96. The summed E-state index contributed by atoms with van der Waals surface area (Å²) in [5.74, 6) is 0.268. The van der Waals surface area contributed by atoms with E-state index in [1.54, 1.807) is 11.3 Å². The molecule has 1 aromatic rings. The fourth-order valence-electron chi connectivity index (χ4n) is 3.58. The molecule has 0 atom stereocenters. The van der Waals surface area contributed by atoms with Crippen LogP contribution in [-0.2, 0) is 0 Å². The van der Waals surface area contributed by atoms with Gasteiger partial charge in [0.05, 0.1) is 11.4 Å². The van der Waals surface area contributed by atoms with Crippen LogP contribution in [0.1, 0.15) is 48.2 Å². The summed E-state index contributed by atoms with van der Waals surface area (Å²) in [6.07, 6.45) is 8.27. The standard InChI is InChI=1S/C15H20BrNOS/c16-12-3-10-19-14(12)13(18)11-17-8-6-15(7-9-17)4-1-2-5-15/h3,10H,1-2,4-9,11H2. The highest BCUT2D eigenvalue weighted by Gasteiger charge is 2.37. The van der Waals surface area contributed by atoms with Crippen molar-refractivity contribution in [3.05, 3.63) is 20.8 Å². The van der Waals surface area contributed by atoms with Gasteiger partial charge in [-0.2, -0.15) is 0 Å². The van der Waals surface area contributed by atoms with Gasteiger partial charge in [-0.05, 0) is 71.6 Å². The van der Waals surface area contributed by atoms with Crippen molar-refractivity contribution in [3.63, 3.8) is 0 Å². The first-order valence-corrected chi connectivity index (χ1v) is 8.84. The molecule has 0 unspecified atom stereocenters. The third-order valence-corrected chi connectivity index (χ3v) is 6.70. The summed E-state index contributed by atoms with van der Waals surface area (Å²) in [5.41, 5.74) is 0.642. The van der Waals surface area contributed by atoms with Gasteiger partial charge in [0.2, 0.25) is 0 Å². The third kappa shape index (κ3) is 2.96. The summed E-state index contributed by atoms with van der Waals surface area (Å²) in [6.45, 7) is 2.80. The first kappa shape index (κ1) is 13.8. The average Bonchev–Trinajstić information content (AvgIpc) is 3.02. The molecule has 0 N–H and O–H groups in total. The van der Waals surface area contributed by atoms with Gasteiger partial charge in [0.15, 0.2) is 5.78 Å². The van der Waals surface area contributed by atoms with Crippen molar-refractivity contribution in [2.75, 3.05) is 19.6 Å². The Labute approximate surface area is 127 Å². The van der Waals surface area contributed by atoms with Crippen LogP contribution >= 0.6 is 27.3 Å². The van der Waals surface area contributed by atoms with Crippen molar-refractivity contribution in [1.82, 2.24) is 4.90 Å². The number of hydrogen-bond donors (Lipinski definition) is 0. The fourth-order valence-corrected chi connectivity index (χ4v) is 5.10. The molecule has 4 heteroatoms. The van der Waals surface area contributed by atoms with Crippen molar-refractivity contribution >= 4 is 33.0 Å². The molecule has 1 saturated carbocycles. The quantitative estimate of drug-likeness (QED) is 0.761. The van der Waals surface area contributed by atoms with E-state index in [0.717, 1.165) is 22.4 Å². The molecule has 0 aromatic carbocycles. The van der Waals surface area contributed by atoms with Gasteiger partial charge in [0.1, 0.15) is 0 Å². The van der Waals surface area contributed by atoms with Crippen molar-refractivity contribution < 1.29 is 4.79 Å². The number of piperidine rings is 1. The second-order valence-electron chi connectivity index (χ2n) is 6.00. The smallest absolute Gasteiger partial charge is 0.187 e. The number of likely N-dealkylation sites (tertiary alicyclic amines) is 1. The van der Waals surface area contributed by atoms with Gasteiger partial charge < -0.3 is 0 Å². The highest BCUT2D eigenvalue weighted by Crippen LogP contribution is 2.46. The molecule has 1 aliphatic heterocycles. The van der Waals surface area contributed by atoms with Crippen molar-refractivity contribution in [1.29, 1.82) is 0 Å². The molecule has 1 aromatic heterocycles. The molecule has 104 valence electrons. The third-order valence-electron chi connectivity index (χ3n) is 4.82. The topological polar surface area (TPSA) is 20.3 Å². The Balaban J connectivity index is 1.55. The Bertz CT molecular complexity index is 454. The predicted octanol–water partition coefficient (Wildman–Crippen LogP) is 4.35. The molecule has 2 nitrogen and oxygen atoms in total. The number of Topliss-reactive ketones (excluding diaryl/α,β-unsaturated/α-hetero) is 1. The number of ketones is 1. The lowest BCUT2D eigenvalue weighted by molar-refractivity contribution is 0.0800. The maximum absolute atomic E-state index is 12.2. The van der Waals surface area contributed by atoms with E-state index in [4.69, 9.17) is 0 Å². The van der Waals surface area contributed by atoms with Gasteiger partial charge in [-0.1, -0.05) is 12.8 Å². The van der Waals surface area contributed by atoms with E-state index >= 15 is 0 Å². The van der Waals surface area contributed by atoms with Gasteiger partial charge in [0.25, 0.3) is 0 Å². The Kier molecular flexibility index (Phi) is 4.11.